The molecule has 1 fully saturated rings. The SMILES string of the molecule is O=C(CCC1CCCO1)NCCc1ccc(C(=O)O)cc1. The normalized spacial score (nSPS) is 17.6. The molecule has 1 aromatic carbocycles. The first kappa shape index (κ1) is 15.5. The van der Waals surface area contributed by atoms with E-state index >= 15 is 0 Å². The number of ether oxygens (including phenoxy) is 1. The van der Waals surface area contributed by atoms with Crippen LogP contribution in [0, 0.1) is 0 Å². The monoisotopic (exact) mass is 291 g/mol. The van der Waals surface area contributed by atoms with Gasteiger partial charge in [0.1, 0.15) is 0 Å². The Labute approximate surface area is 124 Å². The van der Waals surface area contributed by atoms with E-state index < -0.39 is 5.97 Å². The van der Waals surface area contributed by atoms with Gasteiger partial charge >= 0.3 is 5.97 Å². The van der Waals surface area contributed by atoms with Crippen molar-refractivity contribution >= 4 is 11.9 Å². The lowest BCUT2D eigenvalue weighted by Gasteiger charge is -2.09. The summed E-state index contributed by atoms with van der Waals surface area (Å²) in [6.07, 6.45) is 4.40. The van der Waals surface area contributed by atoms with Crippen molar-refractivity contribution < 1.29 is 19.4 Å². The van der Waals surface area contributed by atoms with E-state index in [-0.39, 0.29) is 17.6 Å². The third-order valence-corrected chi connectivity index (χ3v) is 3.65. The molecule has 1 aliphatic rings. The molecule has 1 heterocycles. The zero-order chi connectivity index (χ0) is 15.1. The summed E-state index contributed by atoms with van der Waals surface area (Å²) in [5.41, 5.74) is 1.29. The highest BCUT2D eigenvalue weighted by molar-refractivity contribution is 5.87. The number of carbonyl (C=O) groups is 2. The summed E-state index contributed by atoms with van der Waals surface area (Å²) in [7, 11) is 0. The summed E-state index contributed by atoms with van der Waals surface area (Å²) >= 11 is 0. The molecule has 1 aromatic rings. The van der Waals surface area contributed by atoms with Crippen LogP contribution in [-0.2, 0) is 16.0 Å². The molecule has 21 heavy (non-hydrogen) atoms. The summed E-state index contributed by atoms with van der Waals surface area (Å²) in [6, 6.07) is 6.72. The number of rotatable bonds is 7. The van der Waals surface area contributed by atoms with Crippen molar-refractivity contribution in [2.45, 2.75) is 38.2 Å². The van der Waals surface area contributed by atoms with Crippen molar-refractivity contribution in [1.29, 1.82) is 0 Å². The maximum atomic E-state index is 11.7. The van der Waals surface area contributed by atoms with Gasteiger partial charge in [-0.3, -0.25) is 4.79 Å². The van der Waals surface area contributed by atoms with Crippen LogP contribution < -0.4 is 5.32 Å². The van der Waals surface area contributed by atoms with Crippen LogP contribution in [0.1, 0.15) is 41.6 Å². The van der Waals surface area contributed by atoms with Crippen LogP contribution in [0.15, 0.2) is 24.3 Å². The van der Waals surface area contributed by atoms with Crippen LogP contribution in [0.5, 0.6) is 0 Å². The summed E-state index contributed by atoms with van der Waals surface area (Å²) in [4.78, 5) is 22.4. The average Bonchev–Trinajstić information content (AvgIpc) is 2.99. The molecule has 0 bridgehead atoms. The highest BCUT2D eigenvalue weighted by Crippen LogP contribution is 2.16. The average molecular weight is 291 g/mol. The van der Waals surface area contributed by atoms with Crippen LogP contribution in [0.4, 0.5) is 0 Å². The Bertz CT molecular complexity index is 478. The van der Waals surface area contributed by atoms with Gasteiger partial charge in [0.15, 0.2) is 0 Å². The van der Waals surface area contributed by atoms with Gasteiger partial charge in [-0.05, 0) is 43.4 Å². The third-order valence-electron chi connectivity index (χ3n) is 3.65. The Kier molecular flexibility index (Phi) is 5.75. The minimum atomic E-state index is -0.927. The van der Waals surface area contributed by atoms with E-state index in [1.54, 1.807) is 24.3 Å². The lowest BCUT2D eigenvalue weighted by Crippen LogP contribution is -2.26. The number of hydrogen-bond acceptors (Lipinski definition) is 3. The molecule has 1 atom stereocenters. The van der Waals surface area contributed by atoms with E-state index in [2.05, 4.69) is 5.32 Å². The Morgan fingerprint density at radius 2 is 2.05 bits per heavy atom. The number of amides is 1. The van der Waals surface area contributed by atoms with Crippen LogP contribution in [-0.4, -0.2) is 36.2 Å². The summed E-state index contributed by atoms with van der Waals surface area (Å²) in [5, 5.41) is 11.7. The van der Waals surface area contributed by atoms with Crippen LogP contribution in [0.3, 0.4) is 0 Å². The molecule has 0 spiro atoms. The van der Waals surface area contributed by atoms with Gasteiger partial charge in [0, 0.05) is 19.6 Å². The fourth-order valence-electron chi connectivity index (χ4n) is 2.41. The molecule has 1 amide bonds. The molecule has 1 aliphatic heterocycles. The van der Waals surface area contributed by atoms with Crippen molar-refractivity contribution in [3.05, 3.63) is 35.4 Å². The zero-order valence-corrected chi connectivity index (χ0v) is 12.0. The smallest absolute Gasteiger partial charge is 0.335 e. The maximum Gasteiger partial charge on any atom is 0.335 e. The quantitative estimate of drug-likeness (QED) is 0.805. The second-order valence-corrected chi connectivity index (χ2v) is 5.28. The van der Waals surface area contributed by atoms with E-state index in [1.165, 1.54) is 0 Å². The minimum Gasteiger partial charge on any atom is -0.478 e. The number of benzene rings is 1. The Hall–Kier alpha value is -1.88. The molecule has 0 aliphatic carbocycles. The van der Waals surface area contributed by atoms with Crippen molar-refractivity contribution in [3.8, 4) is 0 Å². The molecular formula is C16H21NO4. The summed E-state index contributed by atoms with van der Waals surface area (Å²) in [5.74, 6) is -0.878. The largest absolute Gasteiger partial charge is 0.478 e. The zero-order valence-electron chi connectivity index (χ0n) is 12.0. The molecule has 1 saturated heterocycles. The lowest BCUT2D eigenvalue weighted by atomic mass is 10.1. The van der Waals surface area contributed by atoms with E-state index in [4.69, 9.17) is 9.84 Å². The molecule has 2 rings (SSSR count). The van der Waals surface area contributed by atoms with E-state index in [0.29, 0.717) is 19.4 Å². The molecule has 2 N–H and O–H groups in total. The number of hydrogen-bond donors (Lipinski definition) is 2. The molecule has 5 heteroatoms. The van der Waals surface area contributed by atoms with Gasteiger partial charge < -0.3 is 15.2 Å². The molecular weight excluding hydrogens is 270 g/mol. The Morgan fingerprint density at radius 1 is 1.29 bits per heavy atom. The van der Waals surface area contributed by atoms with E-state index in [1.807, 2.05) is 0 Å². The lowest BCUT2D eigenvalue weighted by molar-refractivity contribution is -0.121. The van der Waals surface area contributed by atoms with Gasteiger partial charge in [-0.25, -0.2) is 4.79 Å². The number of nitrogens with one attached hydrogen (secondary N) is 1. The van der Waals surface area contributed by atoms with Gasteiger partial charge in [0.2, 0.25) is 5.91 Å². The van der Waals surface area contributed by atoms with Crippen LogP contribution in [0.25, 0.3) is 0 Å². The van der Waals surface area contributed by atoms with Crippen LogP contribution >= 0.6 is 0 Å². The number of carbonyl (C=O) groups excluding carboxylic acids is 1. The standard InChI is InChI=1S/C16H21NO4/c18-15(8-7-14-2-1-11-21-14)17-10-9-12-3-5-13(6-4-12)16(19)20/h3-6,14H,1-2,7-11H2,(H,17,18)(H,19,20). The number of aromatic carboxylic acids is 1. The minimum absolute atomic E-state index is 0.0488. The van der Waals surface area contributed by atoms with Crippen molar-refractivity contribution in [1.82, 2.24) is 5.32 Å². The maximum absolute atomic E-state index is 11.7. The number of carboxylic acid groups (broad SMARTS) is 1. The predicted octanol–water partition coefficient (Wildman–Crippen LogP) is 2.00. The Balaban J connectivity index is 1.63. The van der Waals surface area contributed by atoms with Crippen molar-refractivity contribution in [3.63, 3.8) is 0 Å². The second-order valence-electron chi connectivity index (χ2n) is 5.28. The van der Waals surface area contributed by atoms with Gasteiger partial charge in [0.25, 0.3) is 0 Å². The molecule has 0 aromatic heterocycles. The molecule has 0 radical (unpaired) electrons. The van der Waals surface area contributed by atoms with Crippen molar-refractivity contribution in [2.24, 2.45) is 0 Å². The van der Waals surface area contributed by atoms with Gasteiger partial charge in [-0.1, -0.05) is 12.1 Å². The first-order chi connectivity index (χ1) is 10.1. The topological polar surface area (TPSA) is 75.6 Å². The second kappa shape index (κ2) is 7.78. The Morgan fingerprint density at radius 3 is 2.67 bits per heavy atom. The molecule has 114 valence electrons. The van der Waals surface area contributed by atoms with Gasteiger partial charge in [0.05, 0.1) is 11.7 Å². The molecule has 0 saturated carbocycles. The fraction of sp³-hybridized carbons (Fsp3) is 0.500. The van der Waals surface area contributed by atoms with E-state index in [9.17, 15) is 9.59 Å². The van der Waals surface area contributed by atoms with Gasteiger partial charge in [-0.15, -0.1) is 0 Å². The third kappa shape index (κ3) is 5.19. The first-order valence-electron chi connectivity index (χ1n) is 7.35. The van der Waals surface area contributed by atoms with E-state index in [0.717, 1.165) is 31.4 Å². The molecule has 1 unspecified atom stereocenters. The summed E-state index contributed by atoms with van der Waals surface area (Å²) in [6.45, 7) is 1.38. The number of carboxylic acids is 1. The van der Waals surface area contributed by atoms with Gasteiger partial charge in [-0.2, -0.15) is 0 Å². The first-order valence-corrected chi connectivity index (χ1v) is 7.35. The summed E-state index contributed by atoms with van der Waals surface area (Å²) < 4.78 is 5.48. The molecule has 5 nitrogen and oxygen atoms in total. The predicted molar refractivity (Wildman–Crippen MR) is 78.3 cm³/mol. The van der Waals surface area contributed by atoms with Crippen molar-refractivity contribution in [2.75, 3.05) is 13.2 Å². The highest BCUT2D eigenvalue weighted by Gasteiger charge is 2.16. The highest BCUT2D eigenvalue weighted by atomic mass is 16.5. The van der Waals surface area contributed by atoms with Crippen LogP contribution in [0.2, 0.25) is 0 Å². The fourth-order valence-corrected chi connectivity index (χ4v) is 2.41.